The second kappa shape index (κ2) is 6.67. The number of anilines is 2. The molecule has 1 unspecified atom stereocenters. The van der Waals surface area contributed by atoms with Gasteiger partial charge in [-0.15, -0.1) is 0 Å². The van der Waals surface area contributed by atoms with Gasteiger partial charge in [-0.1, -0.05) is 0 Å². The Morgan fingerprint density at radius 1 is 1.45 bits per heavy atom. The highest BCUT2D eigenvalue weighted by molar-refractivity contribution is 5.39. The molecule has 1 fully saturated rings. The van der Waals surface area contributed by atoms with Crippen LogP contribution >= 0.6 is 0 Å². The molecular formula is C12H21N5O3. The van der Waals surface area contributed by atoms with Gasteiger partial charge in [-0.25, -0.2) is 0 Å². The molecule has 1 atom stereocenters. The zero-order valence-corrected chi connectivity index (χ0v) is 12.0. The number of morpholine rings is 1. The number of nitrogens with one attached hydrogen (secondary N) is 1. The predicted octanol–water partition coefficient (Wildman–Crippen LogP) is -0.102. The fourth-order valence-corrected chi connectivity index (χ4v) is 1.92. The van der Waals surface area contributed by atoms with E-state index < -0.39 is 0 Å². The summed E-state index contributed by atoms with van der Waals surface area (Å²) in [6.07, 6.45) is -0.0201. The largest absolute Gasteiger partial charge is 0.461 e. The molecule has 112 valence electrons. The van der Waals surface area contributed by atoms with E-state index in [0.29, 0.717) is 31.7 Å². The van der Waals surface area contributed by atoms with Crippen molar-refractivity contribution < 1.29 is 14.6 Å². The third kappa shape index (κ3) is 3.45. The third-order valence-electron chi connectivity index (χ3n) is 2.86. The molecule has 0 saturated carbocycles. The van der Waals surface area contributed by atoms with Gasteiger partial charge in [0, 0.05) is 13.6 Å². The van der Waals surface area contributed by atoms with Crippen molar-refractivity contribution in [3.05, 3.63) is 0 Å². The van der Waals surface area contributed by atoms with Crippen molar-refractivity contribution in [2.24, 2.45) is 0 Å². The minimum Gasteiger partial charge on any atom is -0.461 e. The minimum absolute atomic E-state index is 0.0130. The Kier molecular flexibility index (Phi) is 4.91. The maximum atomic E-state index is 9.42. The summed E-state index contributed by atoms with van der Waals surface area (Å²) in [5, 5.41) is 12.3. The lowest BCUT2D eigenvalue weighted by Crippen LogP contribution is -2.48. The van der Waals surface area contributed by atoms with Crippen LogP contribution in [0.3, 0.4) is 0 Å². The van der Waals surface area contributed by atoms with E-state index in [1.807, 2.05) is 18.7 Å². The molecule has 2 N–H and O–H groups in total. The Hall–Kier alpha value is -1.67. The van der Waals surface area contributed by atoms with E-state index in [4.69, 9.17) is 9.47 Å². The van der Waals surface area contributed by atoms with Crippen molar-refractivity contribution in [3.8, 4) is 6.01 Å². The topological polar surface area (TPSA) is 92.6 Å². The second-order valence-electron chi connectivity index (χ2n) is 4.76. The van der Waals surface area contributed by atoms with Crippen LogP contribution < -0.4 is 15.0 Å². The first kappa shape index (κ1) is 14.7. The molecule has 0 radical (unpaired) electrons. The number of nitrogens with zero attached hydrogens (tertiary/aromatic N) is 4. The summed E-state index contributed by atoms with van der Waals surface area (Å²) in [6, 6.07) is 0.125. The highest BCUT2D eigenvalue weighted by Crippen LogP contribution is 2.19. The summed E-state index contributed by atoms with van der Waals surface area (Å²) >= 11 is 0. The summed E-state index contributed by atoms with van der Waals surface area (Å²) in [6.45, 7) is 5.47. The van der Waals surface area contributed by atoms with Gasteiger partial charge in [-0.3, -0.25) is 0 Å². The first-order chi connectivity index (χ1) is 9.63. The van der Waals surface area contributed by atoms with Crippen LogP contribution in [-0.4, -0.2) is 65.6 Å². The van der Waals surface area contributed by atoms with E-state index >= 15 is 0 Å². The second-order valence-corrected chi connectivity index (χ2v) is 4.76. The Bertz CT molecular complexity index is 443. The number of aromatic nitrogens is 3. The van der Waals surface area contributed by atoms with Gasteiger partial charge in [0.15, 0.2) is 0 Å². The van der Waals surface area contributed by atoms with Gasteiger partial charge >= 0.3 is 6.01 Å². The van der Waals surface area contributed by atoms with E-state index in [-0.39, 0.29) is 24.8 Å². The van der Waals surface area contributed by atoms with Crippen molar-refractivity contribution in [1.29, 1.82) is 0 Å². The van der Waals surface area contributed by atoms with Gasteiger partial charge in [-0.2, -0.15) is 15.0 Å². The van der Waals surface area contributed by atoms with Crippen LogP contribution in [0.15, 0.2) is 0 Å². The summed E-state index contributed by atoms with van der Waals surface area (Å²) in [5.41, 5.74) is 0. The lowest BCUT2D eigenvalue weighted by molar-refractivity contribution is 0.0716. The summed E-state index contributed by atoms with van der Waals surface area (Å²) in [7, 11) is 1.74. The molecule has 0 aliphatic carbocycles. The van der Waals surface area contributed by atoms with Crippen molar-refractivity contribution >= 4 is 11.9 Å². The molecule has 8 nitrogen and oxygen atoms in total. The number of rotatable bonds is 5. The number of hydrogen-bond acceptors (Lipinski definition) is 8. The number of aliphatic hydroxyl groups is 1. The fourth-order valence-electron chi connectivity index (χ4n) is 1.92. The molecule has 1 aromatic rings. The number of ether oxygens (including phenoxy) is 2. The molecule has 1 aliphatic heterocycles. The molecule has 2 heterocycles. The molecular weight excluding hydrogens is 262 g/mol. The van der Waals surface area contributed by atoms with Crippen molar-refractivity contribution in [2.75, 3.05) is 43.6 Å². The van der Waals surface area contributed by atoms with Crippen LogP contribution in [0.1, 0.15) is 13.8 Å². The van der Waals surface area contributed by atoms with Crippen molar-refractivity contribution in [1.82, 2.24) is 15.0 Å². The van der Waals surface area contributed by atoms with Crippen molar-refractivity contribution in [2.45, 2.75) is 26.0 Å². The molecule has 0 bridgehead atoms. The predicted molar refractivity (Wildman–Crippen MR) is 74.2 cm³/mol. The molecule has 0 amide bonds. The van der Waals surface area contributed by atoms with Crippen LogP contribution in [-0.2, 0) is 4.74 Å². The van der Waals surface area contributed by atoms with Crippen LogP contribution in [0.2, 0.25) is 0 Å². The van der Waals surface area contributed by atoms with E-state index in [2.05, 4.69) is 20.3 Å². The average molecular weight is 283 g/mol. The van der Waals surface area contributed by atoms with Gasteiger partial charge in [0.05, 0.1) is 32.0 Å². The summed E-state index contributed by atoms with van der Waals surface area (Å²) in [4.78, 5) is 14.7. The lowest BCUT2D eigenvalue weighted by Gasteiger charge is -2.34. The normalized spacial score (nSPS) is 19.2. The van der Waals surface area contributed by atoms with E-state index in [9.17, 15) is 5.11 Å². The lowest BCUT2D eigenvalue weighted by atomic mass is 10.2. The summed E-state index contributed by atoms with van der Waals surface area (Å²) < 4.78 is 10.9. The smallest absolute Gasteiger partial charge is 0.323 e. The highest BCUT2D eigenvalue weighted by atomic mass is 16.5. The van der Waals surface area contributed by atoms with Gasteiger partial charge in [-0.05, 0) is 13.8 Å². The Morgan fingerprint density at radius 3 is 2.90 bits per heavy atom. The van der Waals surface area contributed by atoms with E-state index in [1.165, 1.54) is 0 Å². The molecule has 0 aromatic carbocycles. The van der Waals surface area contributed by atoms with Gasteiger partial charge < -0.3 is 24.8 Å². The Balaban J connectivity index is 2.28. The van der Waals surface area contributed by atoms with Crippen LogP contribution in [0.5, 0.6) is 6.01 Å². The molecule has 0 spiro atoms. The van der Waals surface area contributed by atoms with Crippen molar-refractivity contribution in [3.63, 3.8) is 0 Å². The zero-order valence-electron chi connectivity index (χ0n) is 12.0. The molecule has 1 aliphatic rings. The van der Waals surface area contributed by atoms with Crippen LogP contribution in [0.25, 0.3) is 0 Å². The zero-order chi connectivity index (χ0) is 14.5. The molecule has 1 saturated heterocycles. The Labute approximate surface area is 118 Å². The average Bonchev–Trinajstić information content (AvgIpc) is 2.46. The van der Waals surface area contributed by atoms with Gasteiger partial charge in [0.2, 0.25) is 11.9 Å². The van der Waals surface area contributed by atoms with Crippen LogP contribution in [0.4, 0.5) is 11.9 Å². The molecule has 20 heavy (non-hydrogen) atoms. The van der Waals surface area contributed by atoms with Gasteiger partial charge in [0.25, 0.3) is 0 Å². The quantitative estimate of drug-likeness (QED) is 0.774. The number of hydrogen-bond donors (Lipinski definition) is 2. The van der Waals surface area contributed by atoms with E-state index in [1.54, 1.807) is 7.05 Å². The minimum atomic E-state index is -0.150. The van der Waals surface area contributed by atoms with E-state index in [0.717, 1.165) is 0 Å². The molecule has 8 heteroatoms. The molecule has 1 aromatic heterocycles. The standard InChI is InChI=1S/C12H21N5O3/c1-8(2)20-12-15-10(13-3)14-11(16-12)17-4-5-19-7-9(17)6-18/h8-9,18H,4-7H2,1-3H3,(H,13,14,15,16). The highest BCUT2D eigenvalue weighted by Gasteiger charge is 2.26. The number of aliphatic hydroxyl groups excluding tert-OH is 1. The fraction of sp³-hybridized carbons (Fsp3) is 0.750. The van der Waals surface area contributed by atoms with Crippen LogP contribution in [0, 0.1) is 0 Å². The van der Waals surface area contributed by atoms with Gasteiger partial charge in [0.1, 0.15) is 0 Å². The SMILES string of the molecule is CNc1nc(OC(C)C)nc(N2CCOCC2CO)n1. The Morgan fingerprint density at radius 2 is 2.25 bits per heavy atom. The maximum absolute atomic E-state index is 9.42. The first-order valence-electron chi connectivity index (χ1n) is 6.69. The first-order valence-corrected chi connectivity index (χ1v) is 6.69. The third-order valence-corrected chi connectivity index (χ3v) is 2.86. The monoisotopic (exact) mass is 283 g/mol. The molecule has 2 rings (SSSR count). The maximum Gasteiger partial charge on any atom is 0.323 e. The summed E-state index contributed by atoms with van der Waals surface area (Å²) in [5.74, 6) is 0.927.